The van der Waals surface area contributed by atoms with E-state index in [1.54, 1.807) is 30.6 Å². The monoisotopic (exact) mass is 281 g/mol. The number of carbonyl (C=O) groups is 1. The molecule has 0 bridgehead atoms. The van der Waals surface area contributed by atoms with Crippen LogP contribution < -0.4 is 5.73 Å². The summed E-state index contributed by atoms with van der Waals surface area (Å²) >= 11 is 2.71. The molecule has 18 heavy (non-hydrogen) atoms. The molecule has 1 heterocycles. The van der Waals surface area contributed by atoms with Gasteiger partial charge in [-0.25, -0.2) is 4.79 Å². The van der Waals surface area contributed by atoms with Crippen LogP contribution in [0.15, 0.2) is 32.9 Å². The minimum Gasteiger partial charge on any atom is -0.462 e. The third-order valence-electron chi connectivity index (χ3n) is 2.07. The molecule has 5 nitrogen and oxygen atoms in total. The lowest BCUT2D eigenvalue weighted by Crippen LogP contribution is -2.07. The quantitative estimate of drug-likeness (QED) is 0.685. The molecule has 0 aliphatic heterocycles. The molecule has 0 fully saturated rings. The Hall–Kier alpha value is -1.60. The summed E-state index contributed by atoms with van der Waals surface area (Å²) in [5, 5.41) is 7.67. The largest absolute Gasteiger partial charge is 0.462 e. The average Bonchev–Trinajstić information content (AvgIpc) is 2.85. The van der Waals surface area contributed by atoms with Gasteiger partial charge >= 0.3 is 5.97 Å². The van der Waals surface area contributed by atoms with Gasteiger partial charge in [0.1, 0.15) is 5.51 Å². The summed E-state index contributed by atoms with van der Waals surface area (Å²) < 4.78 is 5.74. The predicted molar refractivity (Wildman–Crippen MR) is 70.8 cm³/mol. The van der Waals surface area contributed by atoms with Crippen molar-refractivity contribution in [1.29, 1.82) is 0 Å². The van der Waals surface area contributed by atoms with E-state index in [4.69, 9.17) is 10.5 Å². The van der Waals surface area contributed by atoms with E-state index in [1.165, 1.54) is 23.1 Å². The van der Waals surface area contributed by atoms with Crippen molar-refractivity contribution in [3.05, 3.63) is 29.3 Å². The van der Waals surface area contributed by atoms with E-state index >= 15 is 0 Å². The number of nitrogens with two attached hydrogens (primary N) is 1. The Morgan fingerprint density at radius 2 is 2.39 bits per heavy atom. The van der Waals surface area contributed by atoms with Gasteiger partial charge in [-0.1, -0.05) is 29.2 Å². The Balaban J connectivity index is 2.35. The number of benzene rings is 1. The molecule has 0 amide bonds. The number of rotatable bonds is 4. The number of aromatic nitrogens is 2. The van der Waals surface area contributed by atoms with Crippen molar-refractivity contribution in [3.8, 4) is 0 Å². The van der Waals surface area contributed by atoms with Crippen molar-refractivity contribution in [1.82, 2.24) is 10.2 Å². The van der Waals surface area contributed by atoms with E-state index in [0.717, 1.165) is 4.34 Å². The van der Waals surface area contributed by atoms with Crippen molar-refractivity contribution in [2.24, 2.45) is 0 Å². The second-order valence-electron chi connectivity index (χ2n) is 3.25. The van der Waals surface area contributed by atoms with Crippen molar-refractivity contribution in [2.75, 3.05) is 12.3 Å². The molecule has 0 saturated carbocycles. The second kappa shape index (κ2) is 5.83. The Bertz CT molecular complexity index is 543. The zero-order chi connectivity index (χ0) is 13.0. The van der Waals surface area contributed by atoms with Gasteiger partial charge in [-0.05, 0) is 19.1 Å². The molecular formula is C11H11N3O2S2. The van der Waals surface area contributed by atoms with Crippen LogP contribution in [0.4, 0.5) is 5.69 Å². The molecule has 0 atom stereocenters. The highest BCUT2D eigenvalue weighted by molar-refractivity contribution is 8.01. The number of hydrogen-bond donors (Lipinski definition) is 1. The lowest BCUT2D eigenvalue weighted by molar-refractivity contribution is 0.0522. The van der Waals surface area contributed by atoms with Crippen molar-refractivity contribution in [3.63, 3.8) is 0 Å². The zero-order valence-corrected chi connectivity index (χ0v) is 11.3. The third-order valence-corrected chi connectivity index (χ3v) is 4.01. The molecule has 0 aliphatic carbocycles. The first-order valence-corrected chi connectivity index (χ1v) is 6.91. The van der Waals surface area contributed by atoms with Crippen LogP contribution in [0.1, 0.15) is 17.3 Å². The molecule has 0 radical (unpaired) electrons. The van der Waals surface area contributed by atoms with E-state index in [-0.39, 0.29) is 5.97 Å². The number of nitrogen functional groups attached to an aromatic ring is 1. The fourth-order valence-corrected chi connectivity index (χ4v) is 2.89. The van der Waals surface area contributed by atoms with Crippen LogP contribution >= 0.6 is 23.1 Å². The summed E-state index contributed by atoms with van der Waals surface area (Å²) in [6, 6.07) is 5.16. The van der Waals surface area contributed by atoms with Gasteiger partial charge in [0.2, 0.25) is 0 Å². The molecule has 94 valence electrons. The molecule has 0 unspecified atom stereocenters. The summed E-state index contributed by atoms with van der Waals surface area (Å²) in [4.78, 5) is 12.5. The normalized spacial score (nSPS) is 10.3. The molecule has 0 spiro atoms. The predicted octanol–water partition coefficient (Wildman–Crippen LogP) is 2.45. The lowest BCUT2D eigenvalue weighted by atomic mass is 10.2. The standard InChI is InChI=1S/C11H11N3O2S2/c1-2-16-10(15)7-4-3-5-8(12)9(7)18-11-14-13-6-17-11/h3-6H,2,12H2,1H3. The minimum absolute atomic E-state index is 0.330. The number of anilines is 1. The number of esters is 1. The van der Waals surface area contributed by atoms with E-state index in [0.29, 0.717) is 22.8 Å². The van der Waals surface area contributed by atoms with E-state index in [9.17, 15) is 4.79 Å². The van der Waals surface area contributed by atoms with Crippen LogP contribution in [0.3, 0.4) is 0 Å². The van der Waals surface area contributed by atoms with Gasteiger partial charge in [0.15, 0.2) is 4.34 Å². The fourth-order valence-electron chi connectivity index (χ4n) is 1.33. The van der Waals surface area contributed by atoms with Gasteiger partial charge in [-0.2, -0.15) is 0 Å². The highest BCUT2D eigenvalue weighted by Gasteiger charge is 2.16. The Morgan fingerprint density at radius 1 is 1.56 bits per heavy atom. The maximum atomic E-state index is 11.8. The first kappa shape index (κ1) is 12.8. The SMILES string of the molecule is CCOC(=O)c1cccc(N)c1Sc1nncs1. The highest BCUT2D eigenvalue weighted by atomic mass is 32.2. The Labute approximate surface area is 112 Å². The fraction of sp³-hybridized carbons (Fsp3) is 0.182. The van der Waals surface area contributed by atoms with Crippen LogP contribution in [-0.2, 0) is 4.74 Å². The minimum atomic E-state index is -0.378. The molecule has 0 aliphatic rings. The first-order chi connectivity index (χ1) is 8.72. The molecule has 1 aromatic heterocycles. The first-order valence-electron chi connectivity index (χ1n) is 5.22. The van der Waals surface area contributed by atoms with E-state index < -0.39 is 0 Å². The maximum absolute atomic E-state index is 11.8. The molecular weight excluding hydrogens is 270 g/mol. The summed E-state index contributed by atoms with van der Waals surface area (Å²) in [6.45, 7) is 2.10. The molecule has 1 aromatic carbocycles. The third kappa shape index (κ3) is 2.80. The Kier molecular flexibility index (Phi) is 4.16. The average molecular weight is 281 g/mol. The summed E-state index contributed by atoms with van der Waals surface area (Å²) in [7, 11) is 0. The highest BCUT2D eigenvalue weighted by Crippen LogP contribution is 2.35. The molecule has 7 heteroatoms. The maximum Gasteiger partial charge on any atom is 0.339 e. The van der Waals surface area contributed by atoms with Crippen molar-refractivity contribution in [2.45, 2.75) is 16.2 Å². The summed E-state index contributed by atoms with van der Waals surface area (Å²) in [6.07, 6.45) is 0. The zero-order valence-electron chi connectivity index (χ0n) is 9.62. The smallest absolute Gasteiger partial charge is 0.339 e. The Morgan fingerprint density at radius 3 is 3.06 bits per heavy atom. The van der Waals surface area contributed by atoms with Gasteiger partial charge < -0.3 is 10.5 Å². The van der Waals surface area contributed by atoms with Gasteiger partial charge in [-0.3, -0.25) is 0 Å². The molecule has 2 aromatic rings. The second-order valence-corrected chi connectivity index (χ2v) is 5.34. The molecule has 2 rings (SSSR count). The van der Waals surface area contributed by atoms with Gasteiger partial charge in [-0.15, -0.1) is 10.2 Å². The van der Waals surface area contributed by atoms with Crippen molar-refractivity contribution < 1.29 is 9.53 Å². The van der Waals surface area contributed by atoms with Crippen molar-refractivity contribution >= 4 is 34.8 Å². The number of carbonyl (C=O) groups excluding carboxylic acids is 1. The van der Waals surface area contributed by atoms with E-state index in [1.807, 2.05) is 0 Å². The van der Waals surface area contributed by atoms with Crippen LogP contribution in [0.25, 0.3) is 0 Å². The molecule has 0 saturated heterocycles. The topological polar surface area (TPSA) is 78.1 Å². The number of nitrogens with zero attached hydrogens (tertiary/aromatic N) is 2. The van der Waals surface area contributed by atoms with Crippen LogP contribution in [0, 0.1) is 0 Å². The summed E-state index contributed by atoms with van der Waals surface area (Å²) in [5.41, 5.74) is 8.51. The van der Waals surface area contributed by atoms with Crippen LogP contribution in [0.2, 0.25) is 0 Å². The van der Waals surface area contributed by atoms with Crippen LogP contribution in [-0.4, -0.2) is 22.8 Å². The lowest BCUT2D eigenvalue weighted by Gasteiger charge is -2.09. The van der Waals surface area contributed by atoms with Crippen LogP contribution in [0.5, 0.6) is 0 Å². The van der Waals surface area contributed by atoms with Gasteiger partial charge in [0.05, 0.1) is 17.1 Å². The number of ether oxygens (including phenoxy) is 1. The summed E-state index contributed by atoms with van der Waals surface area (Å²) in [5.74, 6) is -0.378. The van der Waals surface area contributed by atoms with E-state index in [2.05, 4.69) is 10.2 Å². The van der Waals surface area contributed by atoms with Gasteiger partial charge in [0, 0.05) is 5.69 Å². The number of hydrogen-bond acceptors (Lipinski definition) is 7. The van der Waals surface area contributed by atoms with Gasteiger partial charge in [0.25, 0.3) is 0 Å². The molecule has 2 N–H and O–H groups in total.